The summed E-state index contributed by atoms with van der Waals surface area (Å²) in [5.74, 6) is 0. The van der Waals surface area contributed by atoms with Crippen LogP contribution in [0.5, 0.6) is 0 Å². The first-order valence-electron chi connectivity index (χ1n) is 8.82. The highest BCUT2D eigenvalue weighted by Crippen LogP contribution is 2.26. The highest BCUT2D eigenvalue weighted by molar-refractivity contribution is 6.67. The lowest BCUT2D eigenvalue weighted by atomic mass is 10.1. The van der Waals surface area contributed by atoms with Crippen molar-refractivity contribution >= 4 is 41.0 Å². The van der Waals surface area contributed by atoms with Crippen LogP contribution in [-0.4, -0.2) is 23.2 Å². The number of unbranched alkanes of at least 4 members (excludes halogenated alkanes) is 11. The summed E-state index contributed by atoms with van der Waals surface area (Å²) in [6.45, 7) is 2.31. The van der Waals surface area contributed by atoms with Gasteiger partial charge in [-0.05, 0) is 6.42 Å². The fraction of sp³-hybridized carbons (Fsp3) is 0.941. The van der Waals surface area contributed by atoms with Crippen molar-refractivity contribution in [2.45, 2.75) is 87.8 Å². The molecule has 0 heterocycles. The number of hydrogen-bond donors (Lipinski definition) is 0. The molecule has 138 valence electrons. The Labute approximate surface area is 156 Å². The van der Waals surface area contributed by atoms with Gasteiger partial charge in [0, 0.05) is 0 Å². The predicted octanol–water partition coefficient (Wildman–Crippen LogP) is 7.21. The second-order valence-electron chi connectivity index (χ2n) is 5.89. The molecule has 0 saturated carbocycles. The van der Waals surface area contributed by atoms with Gasteiger partial charge in [0.05, 0.1) is 6.61 Å². The van der Waals surface area contributed by atoms with Crippen molar-refractivity contribution in [3.63, 3.8) is 0 Å². The number of hydrogen-bond acceptors (Lipinski definition) is 3. The number of carbonyl (C=O) groups is 1. The molecule has 0 unspecified atom stereocenters. The van der Waals surface area contributed by atoms with E-state index in [9.17, 15) is 4.79 Å². The Hall–Kier alpha value is 0.140. The Morgan fingerprint density at radius 3 is 1.61 bits per heavy atom. The number of alkyl halides is 3. The average Bonchev–Trinajstić information content (AvgIpc) is 2.49. The number of ether oxygens (including phenoxy) is 2. The summed E-state index contributed by atoms with van der Waals surface area (Å²) in [5, 5.41) is 0. The molecule has 0 N–H and O–H groups in total. The molecule has 6 heteroatoms. The molecule has 0 aromatic rings. The first-order chi connectivity index (χ1) is 11.0. The summed E-state index contributed by atoms with van der Waals surface area (Å²) in [7, 11) is 0. The van der Waals surface area contributed by atoms with Crippen molar-refractivity contribution in [2.75, 3.05) is 13.2 Å². The summed E-state index contributed by atoms with van der Waals surface area (Å²) in [6.07, 6.45) is 14.4. The van der Waals surface area contributed by atoms with E-state index in [1.807, 2.05) is 0 Å². The normalized spacial score (nSPS) is 11.5. The molecule has 0 rings (SSSR count). The van der Waals surface area contributed by atoms with Gasteiger partial charge >= 0.3 is 6.16 Å². The molecule has 0 spiro atoms. The summed E-state index contributed by atoms with van der Waals surface area (Å²) in [6, 6.07) is 0. The first kappa shape index (κ1) is 23.1. The van der Waals surface area contributed by atoms with E-state index in [-0.39, 0.29) is 6.61 Å². The quantitative estimate of drug-likeness (QED) is 0.179. The van der Waals surface area contributed by atoms with Gasteiger partial charge in [-0.3, -0.25) is 0 Å². The van der Waals surface area contributed by atoms with Gasteiger partial charge < -0.3 is 9.47 Å². The van der Waals surface area contributed by atoms with E-state index in [4.69, 9.17) is 39.5 Å². The summed E-state index contributed by atoms with van der Waals surface area (Å²) >= 11 is 16.4. The molecule has 23 heavy (non-hydrogen) atoms. The number of rotatable bonds is 14. The maximum absolute atomic E-state index is 11.2. The topological polar surface area (TPSA) is 35.5 Å². The smallest absolute Gasteiger partial charge is 0.434 e. The van der Waals surface area contributed by atoms with Gasteiger partial charge in [-0.25, -0.2) is 4.79 Å². The molecule has 0 aromatic carbocycles. The van der Waals surface area contributed by atoms with Crippen LogP contribution in [0.15, 0.2) is 0 Å². The largest absolute Gasteiger partial charge is 0.508 e. The lowest BCUT2D eigenvalue weighted by molar-refractivity contribution is 0.0554. The van der Waals surface area contributed by atoms with Gasteiger partial charge in [0.15, 0.2) is 0 Å². The Balaban J connectivity index is 3.17. The van der Waals surface area contributed by atoms with Crippen LogP contribution in [0, 0.1) is 0 Å². The third-order valence-corrected chi connectivity index (χ3v) is 3.90. The van der Waals surface area contributed by atoms with Crippen molar-refractivity contribution in [2.24, 2.45) is 0 Å². The van der Waals surface area contributed by atoms with Gasteiger partial charge in [0.2, 0.25) is 3.79 Å². The van der Waals surface area contributed by atoms with E-state index in [1.165, 1.54) is 64.2 Å². The highest BCUT2D eigenvalue weighted by Gasteiger charge is 2.22. The van der Waals surface area contributed by atoms with Crippen LogP contribution in [-0.2, 0) is 9.47 Å². The molecule has 3 nitrogen and oxygen atoms in total. The number of halogens is 3. The molecule has 0 aliphatic carbocycles. The maximum Gasteiger partial charge on any atom is 0.508 e. The van der Waals surface area contributed by atoms with Crippen molar-refractivity contribution in [1.82, 2.24) is 0 Å². The van der Waals surface area contributed by atoms with Gasteiger partial charge in [-0.2, -0.15) is 0 Å². The van der Waals surface area contributed by atoms with Crippen LogP contribution >= 0.6 is 34.8 Å². The van der Waals surface area contributed by atoms with Gasteiger partial charge in [-0.15, -0.1) is 0 Å². The van der Waals surface area contributed by atoms with Crippen molar-refractivity contribution in [3.05, 3.63) is 0 Å². The average molecular weight is 390 g/mol. The number of carbonyl (C=O) groups excluding carboxylic acids is 1. The van der Waals surface area contributed by atoms with E-state index >= 15 is 0 Å². The van der Waals surface area contributed by atoms with E-state index in [0.29, 0.717) is 6.61 Å². The Morgan fingerprint density at radius 1 is 0.739 bits per heavy atom. The second-order valence-corrected chi connectivity index (χ2v) is 8.41. The molecule has 0 bridgehead atoms. The molecule has 0 aromatic heterocycles. The Kier molecular flexibility index (Phi) is 15.8. The minimum Gasteiger partial charge on any atom is -0.434 e. The molecule has 0 aliphatic heterocycles. The van der Waals surface area contributed by atoms with Gasteiger partial charge in [-0.1, -0.05) is 112 Å². The lowest BCUT2D eigenvalue weighted by Crippen LogP contribution is -2.18. The molecule has 0 atom stereocenters. The molecule has 0 amide bonds. The molecular formula is C17H31Cl3O3. The summed E-state index contributed by atoms with van der Waals surface area (Å²) < 4.78 is 7.96. The zero-order chi connectivity index (χ0) is 17.4. The van der Waals surface area contributed by atoms with Crippen LogP contribution in [0.25, 0.3) is 0 Å². The fourth-order valence-corrected chi connectivity index (χ4v) is 2.44. The third kappa shape index (κ3) is 20.1. The Bertz CT molecular complexity index is 281. The Morgan fingerprint density at radius 2 is 1.17 bits per heavy atom. The third-order valence-electron chi connectivity index (χ3n) is 3.57. The molecule has 0 saturated heterocycles. The maximum atomic E-state index is 11.2. The molecule has 0 fully saturated rings. The van der Waals surface area contributed by atoms with E-state index in [0.717, 1.165) is 12.8 Å². The molecule has 0 aliphatic rings. The first-order valence-corrected chi connectivity index (χ1v) is 9.95. The predicted molar refractivity (Wildman–Crippen MR) is 98.7 cm³/mol. The van der Waals surface area contributed by atoms with Gasteiger partial charge in [0.25, 0.3) is 0 Å². The minimum atomic E-state index is -1.59. The molecule has 0 radical (unpaired) electrons. The van der Waals surface area contributed by atoms with Crippen LogP contribution in [0.2, 0.25) is 0 Å². The van der Waals surface area contributed by atoms with Crippen LogP contribution in [0.4, 0.5) is 4.79 Å². The minimum absolute atomic E-state index is 0.297. The van der Waals surface area contributed by atoms with Crippen molar-refractivity contribution in [3.8, 4) is 0 Å². The SMILES string of the molecule is CCCCCCCCCCCCCCOC(=O)OCC(Cl)(Cl)Cl. The zero-order valence-electron chi connectivity index (χ0n) is 14.3. The van der Waals surface area contributed by atoms with Crippen molar-refractivity contribution < 1.29 is 14.3 Å². The summed E-state index contributed by atoms with van der Waals surface area (Å²) in [4.78, 5) is 11.2. The lowest BCUT2D eigenvalue weighted by Gasteiger charge is -2.11. The van der Waals surface area contributed by atoms with E-state index < -0.39 is 9.95 Å². The molecular weight excluding hydrogens is 359 g/mol. The van der Waals surface area contributed by atoms with Crippen LogP contribution in [0.3, 0.4) is 0 Å². The van der Waals surface area contributed by atoms with E-state index in [1.54, 1.807) is 0 Å². The van der Waals surface area contributed by atoms with Crippen LogP contribution < -0.4 is 0 Å². The summed E-state index contributed by atoms with van der Waals surface area (Å²) in [5.41, 5.74) is 0. The van der Waals surface area contributed by atoms with Gasteiger partial charge in [0.1, 0.15) is 6.61 Å². The highest BCUT2D eigenvalue weighted by atomic mass is 35.6. The second kappa shape index (κ2) is 15.7. The van der Waals surface area contributed by atoms with E-state index in [2.05, 4.69) is 11.7 Å². The fourth-order valence-electron chi connectivity index (χ4n) is 2.28. The van der Waals surface area contributed by atoms with Crippen molar-refractivity contribution in [1.29, 1.82) is 0 Å². The monoisotopic (exact) mass is 388 g/mol. The van der Waals surface area contributed by atoms with Crippen LogP contribution in [0.1, 0.15) is 84.0 Å². The standard InChI is InChI=1S/C17H31Cl3O3/c1-2-3-4-5-6-7-8-9-10-11-12-13-14-22-16(21)23-15-17(18,19)20/h2-15H2,1H3. The zero-order valence-corrected chi connectivity index (χ0v) is 16.5.